The van der Waals surface area contributed by atoms with Crippen LogP contribution < -0.4 is 14.4 Å². The highest BCUT2D eigenvalue weighted by atomic mass is 35.5. The predicted octanol–water partition coefficient (Wildman–Crippen LogP) is 5.28. The van der Waals surface area contributed by atoms with Gasteiger partial charge in [0.25, 0.3) is 10.0 Å². The van der Waals surface area contributed by atoms with Crippen LogP contribution in [0.2, 0.25) is 10.0 Å². The van der Waals surface area contributed by atoms with Crippen LogP contribution in [-0.4, -0.2) is 50.9 Å². The van der Waals surface area contributed by atoms with Crippen LogP contribution in [0, 0.1) is 5.82 Å². The van der Waals surface area contributed by atoms with Gasteiger partial charge in [-0.05, 0) is 81.4 Å². The quantitative estimate of drug-likeness (QED) is 0.301. The lowest BCUT2D eigenvalue weighted by Gasteiger charge is -2.32. The minimum Gasteiger partial charge on any atom is -0.494 e. The fourth-order valence-electron chi connectivity index (χ4n) is 3.90. The van der Waals surface area contributed by atoms with Crippen molar-refractivity contribution >= 4 is 50.7 Å². The number of halogens is 3. The number of anilines is 1. The molecule has 214 valence electrons. The summed E-state index contributed by atoms with van der Waals surface area (Å²) in [6, 6.07) is 14.3. The smallest absolute Gasteiger partial charge is 0.264 e. The van der Waals surface area contributed by atoms with E-state index in [0.29, 0.717) is 24.5 Å². The lowest BCUT2D eigenvalue weighted by Crippen LogP contribution is -2.51. The van der Waals surface area contributed by atoms with Crippen molar-refractivity contribution in [3.63, 3.8) is 0 Å². The number of rotatable bonds is 12. The fraction of sp³-hybridized carbons (Fsp3) is 0.286. The van der Waals surface area contributed by atoms with E-state index in [0.717, 1.165) is 16.4 Å². The third-order valence-corrected chi connectivity index (χ3v) is 8.52. The van der Waals surface area contributed by atoms with Crippen LogP contribution in [0.4, 0.5) is 10.1 Å². The maximum Gasteiger partial charge on any atom is 0.264 e. The van der Waals surface area contributed by atoms with E-state index in [2.05, 4.69) is 5.32 Å². The summed E-state index contributed by atoms with van der Waals surface area (Å²) in [7, 11) is -4.32. The average Bonchev–Trinajstić information content (AvgIpc) is 2.92. The maximum atomic E-state index is 13.8. The molecule has 3 aromatic carbocycles. The van der Waals surface area contributed by atoms with Gasteiger partial charge in [0.2, 0.25) is 11.8 Å². The van der Waals surface area contributed by atoms with E-state index in [4.69, 9.17) is 27.9 Å². The number of nitrogens with one attached hydrogen (secondary N) is 1. The number of nitrogens with zero attached hydrogens (tertiary/aromatic N) is 2. The number of carbonyl (C=O) groups is 2. The molecule has 0 fully saturated rings. The van der Waals surface area contributed by atoms with Gasteiger partial charge >= 0.3 is 0 Å². The van der Waals surface area contributed by atoms with Crippen molar-refractivity contribution in [2.75, 3.05) is 24.0 Å². The number of amides is 2. The molecule has 3 aromatic rings. The summed E-state index contributed by atoms with van der Waals surface area (Å²) in [4.78, 5) is 27.7. The molecule has 0 radical (unpaired) electrons. The van der Waals surface area contributed by atoms with E-state index in [1.54, 1.807) is 32.0 Å². The number of likely N-dealkylation sites (N-methyl/N-ethyl adjacent to an activating group) is 1. The van der Waals surface area contributed by atoms with Crippen LogP contribution in [-0.2, 0) is 26.2 Å². The lowest BCUT2D eigenvalue weighted by molar-refractivity contribution is -0.139. The van der Waals surface area contributed by atoms with Gasteiger partial charge in [-0.2, -0.15) is 0 Å². The van der Waals surface area contributed by atoms with Crippen molar-refractivity contribution in [3.8, 4) is 5.75 Å². The number of hydrogen-bond donors (Lipinski definition) is 1. The summed E-state index contributed by atoms with van der Waals surface area (Å²) in [6.45, 7) is 4.94. The third kappa shape index (κ3) is 7.44. The van der Waals surface area contributed by atoms with E-state index in [1.807, 2.05) is 0 Å². The first-order chi connectivity index (χ1) is 19.0. The van der Waals surface area contributed by atoms with Crippen LogP contribution in [0.15, 0.2) is 71.6 Å². The van der Waals surface area contributed by atoms with Crippen molar-refractivity contribution in [1.82, 2.24) is 10.2 Å². The van der Waals surface area contributed by atoms with Gasteiger partial charge in [-0.3, -0.25) is 13.9 Å². The average molecular weight is 611 g/mol. The van der Waals surface area contributed by atoms with Gasteiger partial charge in [-0.25, -0.2) is 12.8 Å². The minimum absolute atomic E-state index is 0.0602. The van der Waals surface area contributed by atoms with Crippen molar-refractivity contribution in [3.05, 3.63) is 88.2 Å². The molecule has 0 saturated heterocycles. The van der Waals surface area contributed by atoms with Gasteiger partial charge in [-0.1, -0.05) is 29.3 Å². The predicted molar refractivity (Wildman–Crippen MR) is 154 cm³/mol. The standard InChI is InChI=1S/C28H30Cl2FN3O5S/c1-4-32-28(36)19(3)33(17-24-25(29)7-6-8-26(24)30)27(35)18-34(21-11-9-20(31)10-12-21)40(37,38)23-15-13-22(14-16-23)39-5-2/h6-16,19H,4-5,17-18H2,1-3H3,(H,32,36)/t19-/m0/s1. The summed E-state index contributed by atoms with van der Waals surface area (Å²) in [5.74, 6) is -1.24. The molecule has 0 aliphatic rings. The van der Waals surface area contributed by atoms with Gasteiger partial charge in [0.05, 0.1) is 17.2 Å². The Balaban J connectivity index is 2.05. The second kappa shape index (κ2) is 13.8. The van der Waals surface area contributed by atoms with Crippen LogP contribution in [0.1, 0.15) is 26.3 Å². The molecule has 0 bridgehead atoms. The first-order valence-electron chi connectivity index (χ1n) is 12.5. The minimum atomic E-state index is -4.32. The number of sulfonamides is 1. The zero-order chi connectivity index (χ0) is 29.4. The Morgan fingerprint density at radius 1 is 0.975 bits per heavy atom. The Hall–Kier alpha value is -3.34. The van der Waals surface area contributed by atoms with E-state index in [9.17, 15) is 22.4 Å². The number of hydrogen-bond acceptors (Lipinski definition) is 5. The molecule has 0 unspecified atom stereocenters. The number of ether oxygens (including phenoxy) is 1. The highest BCUT2D eigenvalue weighted by Crippen LogP contribution is 2.29. The SMILES string of the molecule is CCNC(=O)[C@H](C)N(Cc1c(Cl)cccc1Cl)C(=O)CN(c1ccc(F)cc1)S(=O)(=O)c1ccc(OCC)cc1. The monoisotopic (exact) mass is 609 g/mol. The van der Waals surface area contributed by atoms with Crippen LogP contribution in [0.5, 0.6) is 5.75 Å². The molecule has 8 nitrogen and oxygen atoms in total. The zero-order valence-electron chi connectivity index (χ0n) is 22.2. The van der Waals surface area contributed by atoms with Crippen LogP contribution in [0.3, 0.4) is 0 Å². The fourth-order valence-corrected chi connectivity index (χ4v) is 5.83. The van der Waals surface area contributed by atoms with Gasteiger partial charge in [0.15, 0.2) is 0 Å². The van der Waals surface area contributed by atoms with E-state index in [1.165, 1.54) is 48.2 Å². The lowest BCUT2D eigenvalue weighted by atomic mass is 10.1. The molecule has 2 amide bonds. The zero-order valence-corrected chi connectivity index (χ0v) is 24.6. The molecule has 1 N–H and O–H groups in total. The normalized spacial score (nSPS) is 11.9. The Bertz CT molecular complexity index is 1420. The largest absolute Gasteiger partial charge is 0.494 e. The van der Waals surface area contributed by atoms with Gasteiger partial charge in [0.1, 0.15) is 24.2 Å². The highest BCUT2D eigenvalue weighted by molar-refractivity contribution is 7.92. The van der Waals surface area contributed by atoms with E-state index >= 15 is 0 Å². The molecule has 0 aromatic heterocycles. The molecule has 0 aliphatic carbocycles. The second-order valence-corrected chi connectivity index (χ2v) is 11.4. The number of carbonyl (C=O) groups excluding carboxylic acids is 2. The van der Waals surface area contributed by atoms with Crippen molar-refractivity contribution in [2.45, 2.75) is 38.3 Å². The van der Waals surface area contributed by atoms with E-state index in [-0.39, 0.29) is 27.2 Å². The van der Waals surface area contributed by atoms with Crippen LogP contribution >= 0.6 is 23.2 Å². The highest BCUT2D eigenvalue weighted by Gasteiger charge is 2.33. The van der Waals surface area contributed by atoms with Crippen molar-refractivity contribution in [2.24, 2.45) is 0 Å². The topological polar surface area (TPSA) is 96.0 Å². The molecular formula is C28H30Cl2FN3O5S. The summed E-state index contributed by atoms with van der Waals surface area (Å²) >= 11 is 12.7. The first-order valence-corrected chi connectivity index (χ1v) is 14.7. The van der Waals surface area contributed by atoms with Crippen LogP contribution in [0.25, 0.3) is 0 Å². The summed E-state index contributed by atoms with van der Waals surface area (Å²) in [6.07, 6.45) is 0. The van der Waals surface area contributed by atoms with Crippen molar-refractivity contribution < 1.29 is 27.1 Å². The third-order valence-electron chi connectivity index (χ3n) is 6.02. The van der Waals surface area contributed by atoms with Gasteiger partial charge in [0, 0.05) is 28.7 Å². The van der Waals surface area contributed by atoms with E-state index < -0.39 is 40.2 Å². The number of benzene rings is 3. The molecule has 0 saturated carbocycles. The molecule has 12 heteroatoms. The maximum absolute atomic E-state index is 13.8. The van der Waals surface area contributed by atoms with Crippen molar-refractivity contribution in [1.29, 1.82) is 0 Å². The molecular weight excluding hydrogens is 580 g/mol. The van der Waals surface area contributed by atoms with Gasteiger partial charge in [-0.15, -0.1) is 0 Å². The Kier molecular flexibility index (Phi) is 10.8. The summed E-state index contributed by atoms with van der Waals surface area (Å²) < 4.78 is 47.6. The molecule has 0 heterocycles. The van der Waals surface area contributed by atoms with Gasteiger partial charge < -0.3 is 15.0 Å². The Morgan fingerprint density at radius 3 is 2.12 bits per heavy atom. The molecule has 0 spiro atoms. The Labute approximate surface area is 243 Å². The molecule has 3 rings (SSSR count). The second-order valence-electron chi connectivity index (χ2n) is 8.68. The molecule has 0 aliphatic heterocycles. The summed E-state index contributed by atoms with van der Waals surface area (Å²) in [5.41, 5.74) is 0.461. The Morgan fingerprint density at radius 2 is 1.57 bits per heavy atom. The molecule has 1 atom stereocenters. The summed E-state index contributed by atoms with van der Waals surface area (Å²) in [5, 5.41) is 3.24. The molecule has 40 heavy (non-hydrogen) atoms. The first kappa shape index (κ1) is 31.2.